The molecule has 5 nitrogen and oxygen atoms in total. The largest absolute Gasteiger partial charge is 0.444 e. The van der Waals surface area contributed by atoms with Crippen LogP contribution in [0.4, 0.5) is 4.79 Å². The molecule has 0 radical (unpaired) electrons. The van der Waals surface area contributed by atoms with Crippen molar-refractivity contribution in [1.29, 1.82) is 0 Å². The van der Waals surface area contributed by atoms with Crippen molar-refractivity contribution in [2.45, 2.75) is 64.5 Å². The zero-order valence-electron chi connectivity index (χ0n) is 13.9. The molecule has 1 saturated heterocycles. The Morgan fingerprint density at radius 2 is 1.82 bits per heavy atom. The Balaban J connectivity index is 1.74. The highest BCUT2D eigenvalue weighted by Gasteiger charge is 2.29. The number of ether oxygens (including phenoxy) is 1. The van der Waals surface area contributed by atoms with Crippen molar-refractivity contribution in [1.82, 2.24) is 10.2 Å². The number of likely N-dealkylation sites (tertiary alicyclic amines) is 1. The SMILES string of the molecule is CC(C)(C)OC(=O)NC1CCN(C(=O)C2CC=CCC2)CC1. The summed E-state index contributed by atoms with van der Waals surface area (Å²) in [6, 6.07) is 0.102. The lowest BCUT2D eigenvalue weighted by molar-refractivity contribution is -0.136. The molecular formula is C17H28N2O3. The van der Waals surface area contributed by atoms with Gasteiger partial charge in [-0.2, -0.15) is 0 Å². The van der Waals surface area contributed by atoms with E-state index in [1.165, 1.54) is 0 Å². The maximum Gasteiger partial charge on any atom is 0.407 e. The molecule has 0 aromatic rings. The molecule has 0 saturated carbocycles. The summed E-state index contributed by atoms with van der Waals surface area (Å²) < 4.78 is 5.27. The van der Waals surface area contributed by atoms with Crippen LogP contribution in [0.1, 0.15) is 52.9 Å². The van der Waals surface area contributed by atoms with Gasteiger partial charge in [-0.05, 0) is 52.9 Å². The summed E-state index contributed by atoms with van der Waals surface area (Å²) in [5.74, 6) is 0.431. The third-order valence-electron chi connectivity index (χ3n) is 4.15. The molecule has 1 heterocycles. The van der Waals surface area contributed by atoms with Gasteiger partial charge in [0.1, 0.15) is 5.60 Å². The van der Waals surface area contributed by atoms with Crippen LogP contribution >= 0.6 is 0 Å². The number of alkyl carbamates (subject to hydrolysis) is 1. The monoisotopic (exact) mass is 308 g/mol. The molecule has 1 aliphatic heterocycles. The van der Waals surface area contributed by atoms with E-state index in [0.717, 1.165) is 45.2 Å². The van der Waals surface area contributed by atoms with Crippen LogP contribution in [0.5, 0.6) is 0 Å². The molecule has 1 aliphatic carbocycles. The van der Waals surface area contributed by atoms with Gasteiger partial charge in [-0.25, -0.2) is 4.79 Å². The highest BCUT2D eigenvalue weighted by atomic mass is 16.6. The Hall–Kier alpha value is -1.52. The molecule has 2 aliphatic rings. The molecule has 1 atom stereocenters. The van der Waals surface area contributed by atoms with Crippen molar-refractivity contribution in [3.05, 3.63) is 12.2 Å². The van der Waals surface area contributed by atoms with Crippen LogP contribution < -0.4 is 5.32 Å². The fourth-order valence-corrected chi connectivity index (χ4v) is 2.99. The first kappa shape index (κ1) is 16.8. The van der Waals surface area contributed by atoms with E-state index in [4.69, 9.17) is 4.74 Å². The Morgan fingerprint density at radius 3 is 2.36 bits per heavy atom. The van der Waals surface area contributed by atoms with E-state index in [0.29, 0.717) is 0 Å². The molecule has 0 spiro atoms. The Labute approximate surface area is 133 Å². The first-order valence-corrected chi connectivity index (χ1v) is 8.28. The third-order valence-corrected chi connectivity index (χ3v) is 4.15. The second-order valence-corrected chi connectivity index (χ2v) is 7.23. The second kappa shape index (κ2) is 7.16. The number of carbonyl (C=O) groups is 2. The standard InChI is InChI=1S/C17H28N2O3/c1-17(2,3)22-16(21)18-14-9-11-19(12-10-14)15(20)13-7-5-4-6-8-13/h4-5,13-14H,6-12H2,1-3H3,(H,18,21). The number of hydrogen-bond donors (Lipinski definition) is 1. The summed E-state index contributed by atoms with van der Waals surface area (Å²) in [6.45, 7) is 7.00. The fraction of sp³-hybridized carbons (Fsp3) is 0.765. The number of carbonyl (C=O) groups excluding carboxylic acids is 2. The summed E-state index contributed by atoms with van der Waals surface area (Å²) >= 11 is 0. The van der Waals surface area contributed by atoms with Crippen molar-refractivity contribution in [2.24, 2.45) is 5.92 Å². The summed E-state index contributed by atoms with van der Waals surface area (Å²) in [4.78, 5) is 26.2. The van der Waals surface area contributed by atoms with Crippen LogP contribution in [0.15, 0.2) is 12.2 Å². The molecule has 1 fully saturated rings. The van der Waals surface area contributed by atoms with E-state index in [2.05, 4.69) is 17.5 Å². The molecule has 22 heavy (non-hydrogen) atoms. The Kier molecular flexibility index (Phi) is 5.48. The van der Waals surface area contributed by atoms with E-state index < -0.39 is 5.60 Å². The Bertz CT molecular complexity index is 432. The zero-order chi connectivity index (χ0) is 16.2. The molecule has 2 rings (SSSR count). The first-order valence-electron chi connectivity index (χ1n) is 8.28. The average molecular weight is 308 g/mol. The quantitative estimate of drug-likeness (QED) is 0.798. The van der Waals surface area contributed by atoms with E-state index >= 15 is 0 Å². The molecule has 124 valence electrons. The van der Waals surface area contributed by atoms with E-state index in [-0.39, 0.29) is 24.0 Å². The number of nitrogens with zero attached hydrogens (tertiary/aromatic N) is 1. The molecule has 1 N–H and O–H groups in total. The molecule has 1 unspecified atom stereocenters. The first-order chi connectivity index (χ1) is 10.3. The number of nitrogens with one attached hydrogen (secondary N) is 1. The second-order valence-electron chi connectivity index (χ2n) is 7.23. The minimum Gasteiger partial charge on any atom is -0.444 e. The maximum absolute atomic E-state index is 12.4. The number of piperidine rings is 1. The Morgan fingerprint density at radius 1 is 1.14 bits per heavy atom. The van der Waals surface area contributed by atoms with Gasteiger partial charge in [0.25, 0.3) is 0 Å². The molecule has 2 amide bonds. The van der Waals surface area contributed by atoms with Crippen LogP contribution in [0.25, 0.3) is 0 Å². The van der Waals surface area contributed by atoms with Gasteiger partial charge in [-0.3, -0.25) is 4.79 Å². The highest BCUT2D eigenvalue weighted by Crippen LogP contribution is 2.22. The van der Waals surface area contributed by atoms with E-state index in [9.17, 15) is 9.59 Å². The van der Waals surface area contributed by atoms with Crippen LogP contribution in [-0.2, 0) is 9.53 Å². The summed E-state index contributed by atoms with van der Waals surface area (Å²) in [7, 11) is 0. The zero-order valence-corrected chi connectivity index (χ0v) is 13.9. The van der Waals surface area contributed by atoms with Gasteiger partial charge < -0.3 is 15.0 Å². The lowest BCUT2D eigenvalue weighted by Crippen LogP contribution is -2.49. The fourth-order valence-electron chi connectivity index (χ4n) is 2.99. The molecule has 5 heteroatoms. The summed E-state index contributed by atoms with van der Waals surface area (Å²) in [6.07, 6.45) is 8.34. The number of amides is 2. The van der Waals surface area contributed by atoms with E-state index in [1.54, 1.807) is 0 Å². The van der Waals surface area contributed by atoms with E-state index in [1.807, 2.05) is 25.7 Å². The van der Waals surface area contributed by atoms with Crippen molar-refractivity contribution < 1.29 is 14.3 Å². The summed E-state index contributed by atoms with van der Waals surface area (Å²) in [5.41, 5.74) is -0.477. The van der Waals surface area contributed by atoms with Crippen molar-refractivity contribution in [3.8, 4) is 0 Å². The van der Waals surface area contributed by atoms with Crippen molar-refractivity contribution in [2.75, 3.05) is 13.1 Å². The third kappa shape index (κ3) is 5.04. The van der Waals surface area contributed by atoms with Crippen LogP contribution in [0, 0.1) is 5.92 Å². The van der Waals surface area contributed by atoms with Gasteiger partial charge in [-0.15, -0.1) is 0 Å². The average Bonchev–Trinajstić information content (AvgIpc) is 2.46. The number of hydrogen-bond acceptors (Lipinski definition) is 3. The van der Waals surface area contributed by atoms with Crippen LogP contribution in [-0.4, -0.2) is 41.6 Å². The number of allylic oxidation sites excluding steroid dienone is 2. The lowest BCUT2D eigenvalue weighted by atomic mass is 9.92. The van der Waals surface area contributed by atoms with Crippen molar-refractivity contribution in [3.63, 3.8) is 0 Å². The van der Waals surface area contributed by atoms with Crippen LogP contribution in [0.3, 0.4) is 0 Å². The molecule has 0 aromatic carbocycles. The van der Waals surface area contributed by atoms with Crippen LogP contribution in [0.2, 0.25) is 0 Å². The molecule has 0 aromatic heterocycles. The normalized spacial score (nSPS) is 23.2. The van der Waals surface area contributed by atoms with Gasteiger partial charge in [0.15, 0.2) is 0 Å². The van der Waals surface area contributed by atoms with Crippen molar-refractivity contribution >= 4 is 12.0 Å². The lowest BCUT2D eigenvalue weighted by Gasteiger charge is -2.35. The van der Waals surface area contributed by atoms with Gasteiger partial charge in [-0.1, -0.05) is 12.2 Å². The topological polar surface area (TPSA) is 58.6 Å². The highest BCUT2D eigenvalue weighted by molar-refractivity contribution is 5.79. The van der Waals surface area contributed by atoms with Gasteiger partial charge in [0.05, 0.1) is 0 Å². The minimum absolute atomic E-state index is 0.102. The predicted octanol–water partition coefficient (Wildman–Crippen LogP) is 2.86. The van der Waals surface area contributed by atoms with Gasteiger partial charge >= 0.3 is 6.09 Å². The van der Waals surface area contributed by atoms with Gasteiger partial charge in [0, 0.05) is 25.0 Å². The molecular weight excluding hydrogens is 280 g/mol. The van der Waals surface area contributed by atoms with Gasteiger partial charge in [0.2, 0.25) is 5.91 Å². The molecule has 0 bridgehead atoms. The smallest absolute Gasteiger partial charge is 0.407 e. The summed E-state index contributed by atoms with van der Waals surface area (Å²) in [5, 5.41) is 2.90. The maximum atomic E-state index is 12.4. The predicted molar refractivity (Wildman–Crippen MR) is 85.5 cm³/mol. The number of rotatable bonds is 2. The minimum atomic E-state index is -0.477.